The Kier molecular flexibility index (Phi) is 9.79. The zero-order valence-corrected chi connectivity index (χ0v) is 23.5. The average molecular weight is 576 g/mol. The molecule has 2 heterocycles. The molecule has 0 atom stereocenters. The Morgan fingerprint density at radius 1 is 1.12 bits per heavy atom. The summed E-state index contributed by atoms with van der Waals surface area (Å²) in [6.45, 7) is 4.46. The van der Waals surface area contributed by atoms with E-state index in [4.69, 9.17) is 37.7 Å². The number of nitrogens with zero attached hydrogens (tertiary/aromatic N) is 3. The van der Waals surface area contributed by atoms with Gasteiger partial charge >= 0.3 is 0 Å². The van der Waals surface area contributed by atoms with Gasteiger partial charge in [0.2, 0.25) is 5.91 Å². The minimum atomic E-state index is -0.359. The summed E-state index contributed by atoms with van der Waals surface area (Å²) >= 11 is 12.2. The highest BCUT2D eigenvalue weighted by Gasteiger charge is 2.19. The molecule has 0 unspecified atom stereocenters. The molecule has 0 spiro atoms. The molecule has 2 aromatic heterocycles. The van der Waals surface area contributed by atoms with Crippen LogP contribution in [0.3, 0.4) is 0 Å². The summed E-state index contributed by atoms with van der Waals surface area (Å²) in [5, 5.41) is 17.3. The van der Waals surface area contributed by atoms with Gasteiger partial charge in [0.1, 0.15) is 24.2 Å². The number of anilines is 3. The molecule has 0 aliphatic carbocycles. The van der Waals surface area contributed by atoms with Gasteiger partial charge in [0.15, 0.2) is 0 Å². The number of fused-ring (bicyclic) bond motifs is 1. The molecule has 2 N–H and O–H groups in total. The van der Waals surface area contributed by atoms with Crippen LogP contribution in [0, 0.1) is 11.3 Å². The van der Waals surface area contributed by atoms with Crippen LogP contribution in [0.4, 0.5) is 17.1 Å². The summed E-state index contributed by atoms with van der Waals surface area (Å²) < 4.78 is 11.6. The highest BCUT2D eigenvalue weighted by molar-refractivity contribution is 6.32. The van der Waals surface area contributed by atoms with E-state index in [-0.39, 0.29) is 18.4 Å². The van der Waals surface area contributed by atoms with Gasteiger partial charge in [-0.2, -0.15) is 5.26 Å². The number of benzene rings is 2. The van der Waals surface area contributed by atoms with Crippen molar-refractivity contribution >= 4 is 57.1 Å². The number of pyridine rings is 2. The summed E-state index contributed by atoms with van der Waals surface area (Å²) in [4.78, 5) is 21.4. The summed E-state index contributed by atoms with van der Waals surface area (Å²) in [5.41, 5.74) is 4.03. The van der Waals surface area contributed by atoms with E-state index < -0.39 is 0 Å². The van der Waals surface area contributed by atoms with Crippen molar-refractivity contribution < 1.29 is 14.3 Å². The maximum Gasteiger partial charge on any atom is 0.248 e. The molecular weight excluding hydrogens is 549 g/mol. The molecule has 4 rings (SSSR count). The van der Waals surface area contributed by atoms with E-state index in [1.807, 2.05) is 38.1 Å². The number of aryl methyl sites for hydroxylation is 1. The van der Waals surface area contributed by atoms with Crippen LogP contribution < -0.4 is 20.1 Å². The van der Waals surface area contributed by atoms with E-state index >= 15 is 0 Å². The third-order valence-corrected chi connectivity index (χ3v) is 6.30. The number of ether oxygens (including phenoxy) is 2. The van der Waals surface area contributed by atoms with Crippen LogP contribution in [0.5, 0.6) is 11.5 Å². The second kappa shape index (κ2) is 13.7. The van der Waals surface area contributed by atoms with Gasteiger partial charge < -0.3 is 20.1 Å². The second-order valence-electron chi connectivity index (χ2n) is 8.50. The van der Waals surface area contributed by atoms with E-state index in [2.05, 4.69) is 21.7 Å². The number of alkyl halides is 1. The zero-order valence-electron chi connectivity index (χ0n) is 22.0. The van der Waals surface area contributed by atoms with Crippen LogP contribution in [0.15, 0.2) is 66.9 Å². The molecule has 0 bridgehead atoms. The fourth-order valence-electron chi connectivity index (χ4n) is 4.02. The summed E-state index contributed by atoms with van der Waals surface area (Å²) in [5.74, 6) is 0.818. The van der Waals surface area contributed by atoms with Crippen LogP contribution in [0.1, 0.15) is 30.8 Å². The van der Waals surface area contributed by atoms with Crippen molar-refractivity contribution in [2.75, 3.05) is 23.1 Å². The molecule has 0 radical (unpaired) electrons. The lowest BCUT2D eigenvalue weighted by molar-refractivity contribution is -0.111. The smallest absolute Gasteiger partial charge is 0.248 e. The Hall–Kier alpha value is -4.32. The van der Waals surface area contributed by atoms with Gasteiger partial charge in [0.25, 0.3) is 0 Å². The second-order valence-corrected chi connectivity index (χ2v) is 9.21. The third-order valence-electron chi connectivity index (χ3n) is 5.83. The number of hydrogen-bond donors (Lipinski definition) is 2. The summed E-state index contributed by atoms with van der Waals surface area (Å²) in [6.07, 6.45) is 5.14. The first kappa shape index (κ1) is 28.7. The van der Waals surface area contributed by atoms with Crippen molar-refractivity contribution in [2.45, 2.75) is 26.9 Å². The highest BCUT2D eigenvalue weighted by atomic mass is 35.5. The number of nitriles is 1. The zero-order chi connectivity index (χ0) is 28.5. The first-order chi connectivity index (χ1) is 19.5. The molecular formula is C30H27Cl2N5O3. The van der Waals surface area contributed by atoms with Crippen LogP contribution in [0.25, 0.3) is 10.9 Å². The summed E-state index contributed by atoms with van der Waals surface area (Å²) in [6, 6.07) is 16.7. The van der Waals surface area contributed by atoms with E-state index in [0.717, 1.165) is 5.69 Å². The number of carbonyl (C=O) groups excluding carboxylic acids is 1. The number of aromatic nitrogens is 2. The fraction of sp³-hybridized carbons (Fsp3) is 0.200. The van der Waals surface area contributed by atoms with Gasteiger partial charge in [-0.3, -0.25) is 14.8 Å². The first-order valence-electron chi connectivity index (χ1n) is 12.6. The topological polar surface area (TPSA) is 109 Å². The minimum Gasteiger partial charge on any atom is -0.492 e. The van der Waals surface area contributed by atoms with Crippen molar-refractivity contribution in [3.8, 4) is 17.6 Å². The van der Waals surface area contributed by atoms with Gasteiger partial charge in [0.05, 0.1) is 45.5 Å². The molecule has 0 saturated heterocycles. The fourth-order valence-corrected chi connectivity index (χ4v) is 4.35. The number of rotatable bonds is 11. The molecule has 40 heavy (non-hydrogen) atoms. The van der Waals surface area contributed by atoms with E-state index in [1.165, 1.54) is 6.08 Å². The van der Waals surface area contributed by atoms with Crippen molar-refractivity contribution in [1.29, 1.82) is 5.26 Å². The lowest BCUT2D eigenvalue weighted by atomic mass is 10.0. The first-order valence-corrected chi connectivity index (χ1v) is 13.5. The van der Waals surface area contributed by atoms with Crippen molar-refractivity contribution in [3.63, 3.8) is 0 Å². The molecule has 1 amide bonds. The quantitative estimate of drug-likeness (QED) is 0.144. The van der Waals surface area contributed by atoms with Crippen molar-refractivity contribution in [3.05, 3.63) is 88.9 Å². The van der Waals surface area contributed by atoms with E-state index in [0.29, 0.717) is 68.8 Å². The number of halogens is 2. The molecule has 0 saturated carbocycles. The SMILES string of the molecule is CCOc1cc2nc(CC)c(C#N)c(Nc3ccc(OCc4ccccn4)c(Cl)c3)c2cc1NC(=O)/C=C/CCl. The van der Waals surface area contributed by atoms with Gasteiger partial charge in [0, 0.05) is 35.3 Å². The Morgan fingerprint density at radius 2 is 1.98 bits per heavy atom. The van der Waals surface area contributed by atoms with Crippen molar-refractivity contribution in [2.24, 2.45) is 0 Å². The molecule has 0 aliphatic heterocycles. The van der Waals surface area contributed by atoms with Crippen LogP contribution in [-0.4, -0.2) is 28.4 Å². The van der Waals surface area contributed by atoms with Gasteiger partial charge in [-0.05, 0) is 49.7 Å². The van der Waals surface area contributed by atoms with E-state index in [9.17, 15) is 10.1 Å². The largest absolute Gasteiger partial charge is 0.492 e. The predicted octanol–water partition coefficient (Wildman–Crippen LogP) is 7.17. The molecule has 204 valence electrons. The Labute approximate surface area is 242 Å². The number of nitrogens with one attached hydrogen (secondary N) is 2. The normalized spacial score (nSPS) is 10.9. The standard InChI is InChI=1S/C30H27Cl2N5O3/c1-3-24-22(17-33)30(35-19-10-11-27(23(32)14-19)40-18-20-8-5-6-13-34-20)21-15-26(37-29(38)9-7-12-31)28(39-4-2)16-25(21)36-24/h5-11,13-16H,3-4,12,18H2,1-2H3,(H,35,36)(H,37,38)/b9-7+. The van der Waals surface area contributed by atoms with Crippen LogP contribution in [-0.2, 0) is 17.8 Å². The Bertz CT molecular complexity index is 1590. The summed E-state index contributed by atoms with van der Waals surface area (Å²) in [7, 11) is 0. The molecule has 0 fully saturated rings. The van der Waals surface area contributed by atoms with Crippen molar-refractivity contribution in [1.82, 2.24) is 9.97 Å². The maximum atomic E-state index is 12.5. The average Bonchev–Trinajstić information content (AvgIpc) is 2.96. The third kappa shape index (κ3) is 6.81. The Morgan fingerprint density at radius 3 is 2.65 bits per heavy atom. The maximum absolute atomic E-state index is 12.5. The molecule has 4 aromatic rings. The van der Waals surface area contributed by atoms with E-state index in [1.54, 1.807) is 36.5 Å². The molecule has 2 aromatic carbocycles. The Balaban J connectivity index is 1.74. The van der Waals surface area contributed by atoms with Crippen LogP contribution >= 0.6 is 23.2 Å². The van der Waals surface area contributed by atoms with Gasteiger partial charge in [-0.1, -0.05) is 30.7 Å². The van der Waals surface area contributed by atoms with Crippen LogP contribution in [0.2, 0.25) is 5.02 Å². The van der Waals surface area contributed by atoms with Gasteiger partial charge in [-0.15, -0.1) is 11.6 Å². The number of allylic oxidation sites excluding steroid dienone is 1. The van der Waals surface area contributed by atoms with Gasteiger partial charge in [-0.25, -0.2) is 0 Å². The number of hydrogen-bond acceptors (Lipinski definition) is 7. The minimum absolute atomic E-state index is 0.211. The predicted molar refractivity (Wildman–Crippen MR) is 159 cm³/mol. The molecule has 10 heteroatoms. The lowest BCUT2D eigenvalue weighted by Gasteiger charge is -2.18. The molecule has 0 aliphatic rings. The monoisotopic (exact) mass is 575 g/mol. The number of amides is 1. The highest BCUT2D eigenvalue weighted by Crippen LogP contribution is 2.38. The molecule has 8 nitrogen and oxygen atoms in total. The lowest BCUT2D eigenvalue weighted by Crippen LogP contribution is -2.10. The number of carbonyl (C=O) groups is 1.